The Morgan fingerprint density at radius 2 is 1.62 bits per heavy atom. The number of aryl methyl sites for hydroxylation is 1. The van der Waals surface area contributed by atoms with Gasteiger partial charge in [0.05, 0.1) is 33.5 Å². The molecule has 2 aromatic carbocycles. The smallest absolute Gasteiger partial charge is 0.306 e. The maximum Gasteiger partial charge on any atom is 0.306 e. The van der Waals surface area contributed by atoms with Crippen LogP contribution in [0.2, 0.25) is 0 Å². The lowest BCUT2D eigenvalue weighted by Crippen LogP contribution is -2.56. The highest BCUT2D eigenvalue weighted by molar-refractivity contribution is 5.70. The monoisotopic (exact) mass is 398 g/mol. The molecular formula is C24H32NO4+. The Kier molecular flexibility index (Phi) is 8.23. The van der Waals surface area contributed by atoms with Crippen molar-refractivity contribution in [3.8, 4) is 0 Å². The van der Waals surface area contributed by atoms with Crippen molar-refractivity contribution in [1.29, 1.82) is 0 Å². The van der Waals surface area contributed by atoms with Gasteiger partial charge in [-0.05, 0) is 17.5 Å². The molecule has 0 bridgehead atoms. The molecule has 1 fully saturated rings. The van der Waals surface area contributed by atoms with E-state index >= 15 is 0 Å². The predicted molar refractivity (Wildman–Crippen MR) is 112 cm³/mol. The van der Waals surface area contributed by atoms with Crippen molar-refractivity contribution >= 4 is 5.97 Å². The zero-order valence-corrected chi connectivity index (χ0v) is 17.3. The van der Waals surface area contributed by atoms with Gasteiger partial charge in [0, 0.05) is 6.42 Å². The van der Waals surface area contributed by atoms with Crippen molar-refractivity contribution in [2.45, 2.75) is 25.6 Å². The van der Waals surface area contributed by atoms with Gasteiger partial charge in [0.15, 0.2) is 6.10 Å². The Morgan fingerprint density at radius 3 is 2.28 bits per heavy atom. The van der Waals surface area contributed by atoms with E-state index in [2.05, 4.69) is 7.05 Å². The number of ether oxygens (including phenoxy) is 3. The molecule has 2 aromatic rings. The summed E-state index contributed by atoms with van der Waals surface area (Å²) >= 11 is 0. The van der Waals surface area contributed by atoms with Crippen LogP contribution in [-0.2, 0) is 32.0 Å². The summed E-state index contributed by atoms with van der Waals surface area (Å²) < 4.78 is 18.1. The van der Waals surface area contributed by atoms with Gasteiger partial charge in [0.2, 0.25) is 0 Å². The van der Waals surface area contributed by atoms with Crippen LogP contribution in [0.1, 0.15) is 17.5 Å². The van der Waals surface area contributed by atoms with E-state index in [1.807, 2.05) is 60.7 Å². The van der Waals surface area contributed by atoms with E-state index in [-0.39, 0.29) is 12.1 Å². The van der Waals surface area contributed by atoms with E-state index in [0.29, 0.717) is 26.1 Å². The Balaban J connectivity index is 1.53. The second-order valence-corrected chi connectivity index (χ2v) is 7.96. The molecule has 3 rings (SSSR count). The van der Waals surface area contributed by atoms with Gasteiger partial charge in [-0.1, -0.05) is 60.7 Å². The van der Waals surface area contributed by atoms with Gasteiger partial charge in [0.1, 0.15) is 19.6 Å². The summed E-state index contributed by atoms with van der Waals surface area (Å²) in [5.41, 5.74) is 2.27. The van der Waals surface area contributed by atoms with Crippen LogP contribution in [0.5, 0.6) is 0 Å². The number of rotatable bonds is 10. The minimum absolute atomic E-state index is 0.165. The van der Waals surface area contributed by atoms with Crippen molar-refractivity contribution in [3.05, 3.63) is 71.8 Å². The number of morpholine rings is 1. The van der Waals surface area contributed by atoms with Gasteiger partial charge in [-0.25, -0.2) is 0 Å². The summed E-state index contributed by atoms with van der Waals surface area (Å²) in [6, 6.07) is 20.1. The van der Waals surface area contributed by atoms with Crippen molar-refractivity contribution in [2.24, 2.45) is 0 Å². The first-order valence-electron chi connectivity index (χ1n) is 10.4. The third-order valence-corrected chi connectivity index (χ3v) is 5.37. The van der Waals surface area contributed by atoms with Gasteiger partial charge in [-0.2, -0.15) is 0 Å². The van der Waals surface area contributed by atoms with Gasteiger partial charge < -0.3 is 18.7 Å². The number of nitrogens with zero attached hydrogens (tertiary/aromatic N) is 1. The summed E-state index contributed by atoms with van der Waals surface area (Å²) in [5.74, 6) is -0.165. The van der Waals surface area contributed by atoms with Crippen molar-refractivity contribution in [3.63, 3.8) is 0 Å². The van der Waals surface area contributed by atoms with Crippen molar-refractivity contribution < 1.29 is 23.5 Å². The lowest BCUT2D eigenvalue weighted by Gasteiger charge is -2.39. The van der Waals surface area contributed by atoms with Gasteiger partial charge in [-0.15, -0.1) is 0 Å². The molecule has 0 N–H and O–H groups in total. The molecule has 5 nitrogen and oxygen atoms in total. The Morgan fingerprint density at radius 1 is 1.00 bits per heavy atom. The van der Waals surface area contributed by atoms with Gasteiger partial charge >= 0.3 is 5.97 Å². The third kappa shape index (κ3) is 7.61. The zero-order valence-electron chi connectivity index (χ0n) is 17.3. The summed E-state index contributed by atoms with van der Waals surface area (Å²) in [4.78, 5) is 12.5. The number of carbonyl (C=O) groups is 1. The summed E-state index contributed by atoms with van der Waals surface area (Å²) in [6.45, 7) is 5.02. The van der Waals surface area contributed by atoms with E-state index in [1.165, 1.54) is 0 Å². The molecule has 29 heavy (non-hydrogen) atoms. The molecule has 0 aromatic heterocycles. The fourth-order valence-corrected chi connectivity index (χ4v) is 3.60. The molecular weight excluding hydrogens is 366 g/mol. The van der Waals surface area contributed by atoms with Gasteiger partial charge in [0.25, 0.3) is 0 Å². The van der Waals surface area contributed by atoms with Crippen LogP contribution in [-0.4, -0.2) is 63.1 Å². The molecule has 0 aliphatic carbocycles. The highest BCUT2D eigenvalue weighted by Gasteiger charge is 2.31. The SMILES string of the molecule is C[N+]1(C[C@@H](COCc2ccccc2)OC(=O)CCc2ccccc2)CCOCC1. The standard InChI is InChI=1S/C24H32NO4/c1-25(14-16-27-17-15-25)18-23(20-28-19-22-10-6-3-7-11-22)29-24(26)13-12-21-8-4-2-5-9-21/h2-11,23H,12-20H2,1H3/q+1/t23-/m0/s1. The number of esters is 1. The quantitative estimate of drug-likeness (QED) is 0.455. The van der Waals surface area contributed by atoms with Crippen LogP contribution in [0.15, 0.2) is 60.7 Å². The summed E-state index contributed by atoms with van der Waals surface area (Å²) in [6.07, 6.45) is 0.813. The van der Waals surface area contributed by atoms with E-state index in [1.54, 1.807) is 0 Å². The molecule has 1 atom stereocenters. The van der Waals surface area contributed by atoms with Crippen LogP contribution < -0.4 is 0 Å². The molecule has 1 aliphatic heterocycles. The van der Waals surface area contributed by atoms with Crippen LogP contribution in [0.4, 0.5) is 0 Å². The van der Waals surface area contributed by atoms with Crippen molar-refractivity contribution in [1.82, 2.24) is 0 Å². The topological polar surface area (TPSA) is 44.8 Å². The average Bonchev–Trinajstić information content (AvgIpc) is 2.74. The predicted octanol–water partition coefficient (Wildman–Crippen LogP) is 3.22. The molecule has 1 saturated heterocycles. The molecule has 0 saturated carbocycles. The van der Waals surface area contributed by atoms with Crippen LogP contribution >= 0.6 is 0 Å². The van der Waals surface area contributed by atoms with E-state index in [4.69, 9.17) is 14.2 Å². The molecule has 156 valence electrons. The average molecular weight is 399 g/mol. The highest BCUT2D eigenvalue weighted by atomic mass is 16.6. The lowest BCUT2D eigenvalue weighted by atomic mass is 10.1. The molecule has 1 aliphatic rings. The number of benzene rings is 2. The van der Waals surface area contributed by atoms with Crippen molar-refractivity contribution in [2.75, 3.05) is 46.5 Å². The number of carbonyl (C=O) groups excluding carboxylic acids is 1. The number of hydrogen-bond donors (Lipinski definition) is 0. The van der Waals surface area contributed by atoms with Crippen LogP contribution in [0.3, 0.4) is 0 Å². The molecule has 5 heteroatoms. The second-order valence-electron chi connectivity index (χ2n) is 7.96. The fourth-order valence-electron chi connectivity index (χ4n) is 3.60. The highest BCUT2D eigenvalue weighted by Crippen LogP contribution is 2.13. The number of hydrogen-bond acceptors (Lipinski definition) is 4. The first-order chi connectivity index (χ1) is 14.1. The first-order valence-corrected chi connectivity index (χ1v) is 10.4. The Bertz CT molecular complexity index is 729. The largest absolute Gasteiger partial charge is 0.454 e. The van der Waals surface area contributed by atoms with Gasteiger partial charge in [-0.3, -0.25) is 4.79 Å². The third-order valence-electron chi connectivity index (χ3n) is 5.37. The van der Waals surface area contributed by atoms with E-state index in [0.717, 1.165) is 48.5 Å². The minimum Gasteiger partial charge on any atom is -0.454 e. The fraction of sp³-hybridized carbons (Fsp3) is 0.458. The van der Waals surface area contributed by atoms with Crippen LogP contribution in [0, 0.1) is 0 Å². The molecule has 0 radical (unpaired) electrons. The molecule has 0 spiro atoms. The summed E-state index contributed by atoms with van der Waals surface area (Å²) in [5, 5.41) is 0. The maximum absolute atomic E-state index is 12.5. The first kappa shape index (κ1) is 21.5. The number of likely N-dealkylation sites (N-methyl/N-ethyl adjacent to an activating group) is 1. The molecule has 1 heterocycles. The van der Waals surface area contributed by atoms with E-state index < -0.39 is 0 Å². The Labute approximate surface area is 173 Å². The zero-order chi connectivity index (χ0) is 20.4. The number of quaternary nitrogens is 1. The second kappa shape index (κ2) is 11.1. The summed E-state index contributed by atoms with van der Waals surface area (Å²) in [7, 11) is 2.20. The minimum atomic E-state index is -0.259. The van der Waals surface area contributed by atoms with Crippen LogP contribution in [0.25, 0.3) is 0 Å². The molecule has 0 amide bonds. The van der Waals surface area contributed by atoms with E-state index in [9.17, 15) is 4.79 Å². The molecule has 0 unspecified atom stereocenters. The Hall–Kier alpha value is -2.21. The lowest BCUT2D eigenvalue weighted by molar-refractivity contribution is -0.919. The maximum atomic E-state index is 12.5. The normalized spacial score (nSPS) is 16.9.